The second-order valence-electron chi connectivity index (χ2n) is 6.81. The number of hydrogen-bond acceptors (Lipinski definition) is 3. The van der Waals surface area contributed by atoms with Crippen molar-refractivity contribution < 1.29 is 9.21 Å². The fraction of sp³-hybridized carbons (Fsp3) is 0.286. The molecule has 1 saturated heterocycles. The number of halogens is 1. The van der Waals surface area contributed by atoms with Crippen molar-refractivity contribution in [2.45, 2.75) is 13.8 Å². The SMILES string of the molecule is Cc1ccc2oc(C(=O)N3CCN(c4ccc(Cl)cc4)CC3)c(C)c2c1. The normalized spacial score (nSPS) is 14.9. The molecule has 0 saturated carbocycles. The van der Waals surface area contributed by atoms with Crippen molar-refractivity contribution in [3.05, 3.63) is 64.4 Å². The Bertz CT molecular complexity index is 954. The maximum atomic E-state index is 13.0. The highest BCUT2D eigenvalue weighted by atomic mass is 35.5. The van der Waals surface area contributed by atoms with Crippen LogP contribution in [0.4, 0.5) is 5.69 Å². The molecule has 0 radical (unpaired) electrons. The van der Waals surface area contributed by atoms with E-state index in [1.807, 2.05) is 55.1 Å². The minimum atomic E-state index is -0.0212. The highest BCUT2D eigenvalue weighted by Crippen LogP contribution is 2.28. The first-order chi connectivity index (χ1) is 12.5. The Morgan fingerprint density at radius 1 is 1.00 bits per heavy atom. The number of furan rings is 1. The largest absolute Gasteiger partial charge is 0.451 e. The highest BCUT2D eigenvalue weighted by Gasteiger charge is 2.26. The molecular weight excluding hydrogens is 348 g/mol. The summed E-state index contributed by atoms with van der Waals surface area (Å²) in [6.45, 7) is 6.96. The molecule has 1 fully saturated rings. The van der Waals surface area contributed by atoms with Crippen molar-refractivity contribution >= 4 is 34.2 Å². The molecular formula is C21H21ClN2O2. The molecule has 1 aromatic heterocycles. The second kappa shape index (κ2) is 6.69. The molecule has 2 heterocycles. The van der Waals surface area contributed by atoms with Gasteiger partial charge in [0.05, 0.1) is 0 Å². The monoisotopic (exact) mass is 368 g/mol. The van der Waals surface area contributed by atoms with Gasteiger partial charge < -0.3 is 14.2 Å². The standard InChI is InChI=1S/C21H21ClN2O2/c1-14-3-8-19-18(13-14)15(2)20(26-19)21(25)24-11-9-23(10-12-24)17-6-4-16(22)5-7-17/h3-8,13H,9-12H2,1-2H3. The molecule has 0 bridgehead atoms. The average molecular weight is 369 g/mol. The summed E-state index contributed by atoms with van der Waals surface area (Å²) < 4.78 is 5.87. The van der Waals surface area contributed by atoms with Crippen molar-refractivity contribution in [2.24, 2.45) is 0 Å². The maximum absolute atomic E-state index is 13.0. The molecule has 0 aliphatic carbocycles. The number of fused-ring (bicyclic) bond motifs is 1. The van der Waals surface area contributed by atoms with Gasteiger partial charge in [0.1, 0.15) is 5.58 Å². The molecule has 4 nitrogen and oxygen atoms in total. The van der Waals surface area contributed by atoms with E-state index in [-0.39, 0.29) is 5.91 Å². The van der Waals surface area contributed by atoms with E-state index in [1.165, 1.54) is 0 Å². The van der Waals surface area contributed by atoms with E-state index in [9.17, 15) is 4.79 Å². The Balaban J connectivity index is 1.50. The third kappa shape index (κ3) is 3.06. The Morgan fingerprint density at radius 3 is 2.38 bits per heavy atom. The molecule has 5 heteroatoms. The van der Waals surface area contributed by atoms with Gasteiger partial charge in [-0.3, -0.25) is 4.79 Å². The molecule has 3 aromatic rings. The van der Waals surface area contributed by atoms with Gasteiger partial charge in [0.25, 0.3) is 5.91 Å². The lowest BCUT2D eigenvalue weighted by Gasteiger charge is -2.35. The Morgan fingerprint density at radius 2 is 1.69 bits per heavy atom. The minimum absolute atomic E-state index is 0.0212. The van der Waals surface area contributed by atoms with Gasteiger partial charge in [-0.15, -0.1) is 0 Å². The summed E-state index contributed by atoms with van der Waals surface area (Å²) in [5.74, 6) is 0.442. The number of nitrogens with zero attached hydrogens (tertiary/aromatic N) is 2. The van der Waals surface area contributed by atoms with E-state index in [4.69, 9.17) is 16.0 Å². The molecule has 1 aliphatic heterocycles. The van der Waals surface area contributed by atoms with E-state index in [0.29, 0.717) is 18.8 Å². The zero-order chi connectivity index (χ0) is 18.3. The van der Waals surface area contributed by atoms with Crippen LogP contribution in [0.5, 0.6) is 0 Å². The van der Waals surface area contributed by atoms with E-state index < -0.39 is 0 Å². The number of amides is 1. The number of piperazine rings is 1. The van der Waals surface area contributed by atoms with Crippen LogP contribution in [0.3, 0.4) is 0 Å². The number of rotatable bonds is 2. The predicted molar refractivity (Wildman–Crippen MR) is 105 cm³/mol. The third-order valence-corrected chi connectivity index (χ3v) is 5.30. The fourth-order valence-corrected chi connectivity index (χ4v) is 3.63. The second-order valence-corrected chi connectivity index (χ2v) is 7.25. The molecule has 0 N–H and O–H groups in total. The molecule has 0 unspecified atom stereocenters. The topological polar surface area (TPSA) is 36.7 Å². The van der Waals surface area contributed by atoms with Crippen molar-refractivity contribution in [1.82, 2.24) is 4.90 Å². The van der Waals surface area contributed by atoms with Gasteiger partial charge in [-0.25, -0.2) is 0 Å². The zero-order valence-corrected chi connectivity index (χ0v) is 15.7. The Hall–Kier alpha value is -2.46. The van der Waals surface area contributed by atoms with Crippen molar-refractivity contribution in [1.29, 1.82) is 0 Å². The summed E-state index contributed by atoms with van der Waals surface area (Å²) in [6, 6.07) is 13.8. The minimum Gasteiger partial charge on any atom is -0.451 e. The van der Waals surface area contributed by atoms with Crippen LogP contribution in [0.25, 0.3) is 11.0 Å². The van der Waals surface area contributed by atoms with Crippen molar-refractivity contribution in [3.8, 4) is 0 Å². The smallest absolute Gasteiger partial charge is 0.290 e. The van der Waals surface area contributed by atoms with Crippen molar-refractivity contribution in [2.75, 3.05) is 31.1 Å². The summed E-state index contributed by atoms with van der Waals surface area (Å²) in [5, 5.41) is 1.76. The molecule has 0 atom stereocenters. The van der Waals surface area contributed by atoms with Gasteiger partial charge in [-0.05, 0) is 50.2 Å². The van der Waals surface area contributed by atoms with Gasteiger partial charge >= 0.3 is 0 Å². The number of aryl methyl sites for hydroxylation is 2. The van der Waals surface area contributed by atoms with E-state index in [2.05, 4.69) is 11.0 Å². The number of benzene rings is 2. The molecule has 26 heavy (non-hydrogen) atoms. The lowest BCUT2D eigenvalue weighted by Crippen LogP contribution is -2.48. The summed E-state index contributed by atoms with van der Waals surface area (Å²) in [6.07, 6.45) is 0. The van der Waals surface area contributed by atoms with Crippen LogP contribution < -0.4 is 4.90 Å². The van der Waals surface area contributed by atoms with E-state index >= 15 is 0 Å². The van der Waals surface area contributed by atoms with Crippen LogP contribution in [0.2, 0.25) is 5.02 Å². The predicted octanol–water partition coefficient (Wildman–Crippen LogP) is 4.67. The summed E-state index contributed by atoms with van der Waals surface area (Å²) >= 11 is 5.96. The quantitative estimate of drug-likeness (QED) is 0.659. The van der Waals surface area contributed by atoms with Gasteiger partial charge in [-0.1, -0.05) is 23.2 Å². The van der Waals surface area contributed by atoms with Gasteiger partial charge in [0.15, 0.2) is 5.76 Å². The highest BCUT2D eigenvalue weighted by molar-refractivity contribution is 6.30. The summed E-state index contributed by atoms with van der Waals surface area (Å²) in [7, 11) is 0. The molecule has 134 valence electrons. The number of hydrogen-bond donors (Lipinski definition) is 0. The molecule has 1 aliphatic rings. The Kier molecular flexibility index (Phi) is 4.37. The van der Waals surface area contributed by atoms with E-state index in [0.717, 1.165) is 45.9 Å². The van der Waals surface area contributed by atoms with E-state index in [1.54, 1.807) is 0 Å². The first-order valence-electron chi connectivity index (χ1n) is 8.82. The summed E-state index contributed by atoms with van der Waals surface area (Å²) in [5.41, 5.74) is 4.00. The van der Waals surface area contributed by atoms with Gasteiger partial charge in [0, 0.05) is 47.8 Å². The van der Waals surface area contributed by atoms with Crippen LogP contribution in [0, 0.1) is 13.8 Å². The fourth-order valence-electron chi connectivity index (χ4n) is 3.50. The average Bonchev–Trinajstić information content (AvgIpc) is 2.98. The first kappa shape index (κ1) is 17.0. The van der Waals surface area contributed by atoms with Gasteiger partial charge in [-0.2, -0.15) is 0 Å². The van der Waals surface area contributed by atoms with Crippen LogP contribution in [0.15, 0.2) is 46.9 Å². The molecule has 4 rings (SSSR count). The maximum Gasteiger partial charge on any atom is 0.290 e. The number of carbonyl (C=O) groups is 1. The van der Waals surface area contributed by atoms with Gasteiger partial charge in [0.2, 0.25) is 0 Å². The number of carbonyl (C=O) groups excluding carboxylic acids is 1. The molecule has 0 spiro atoms. The summed E-state index contributed by atoms with van der Waals surface area (Å²) in [4.78, 5) is 17.1. The third-order valence-electron chi connectivity index (χ3n) is 5.04. The van der Waals surface area contributed by atoms with Crippen molar-refractivity contribution in [3.63, 3.8) is 0 Å². The molecule has 2 aromatic carbocycles. The zero-order valence-electron chi connectivity index (χ0n) is 15.0. The van der Waals surface area contributed by atoms with Crippen LogP contribution in [-0.4, -0.2) is 37.0 Å². The lowest BCUT2D eigenvalue weighted by molar-refractivity contribution is 0.0716. The number of anilines is 1. The molecule has 1 amide bonds. The Labute approximate surface area is 157 Å². The lowest BCUT2D eigenvalue weighted by atomic mass is 10.1. The first-order valence-corrected chi connectivity index (χ1v) is 9.20. The van der Waals surface area contributed by atoms with Crippen LogP contribution >= 0.6 is 11.6 Å². The van der Waals surface area contributed by atoms with Crippen LogP contribution in [0.1, 0.15) is 21.7 Å². The van der Waals surface area contributed by atoms with Crippen LogP contribution in [-0.2, 0) is 0 Å².